The van der Waals surface area contributed by atoms with Gasteiger partial charge in [-0.05, 0) is 118 Å². The first-order valence-electron chi connectivity index (χ1n) is 28.0. The van der Waals surface area contributed by atoms with Gasteiger partial charge >= 0.3 is 50.5 Å². The van der Waals surface area contributed by atoms with Gasteiger partial charge < -0.3 is 11.1 Å². The number of para-hydroxylation sites is 3. The van der Waals surface area contributed by atoms with Crippen LogP contribution in [-0.2, 0) is 26.1 Å². The van der Waals surface area contributed by atoms with Crippen LogP contribution in [-0.4, -0.2) is 23.0 Å². The Morgan fingerprint density at radius 3 is 1.08 bits per heavy atom. The van der Waals surface area contributed by atoms with E-state index in [9.17, 15) is 5.26 Å². The first-order valence-corrected chi connectivity index (χ1v) is 46.9. The van der Waals surface area contributed by atoms with Crippen molar-refractivity contribution in [3.63, 3.8) is 0 Å². The molecule has 7 nitrogen and oxygen atoms in total. The third kappa shape index (κ3) is 26.9. The molecule has 0 saturated heterocycles. The Morgan fingerprint density at radius 1 is 0.477 bits per heavy atom. The summed E-state index contributed by atoms with van der Waals surface area (Å²) < 4.78 is 0. The summed E-state index contributed by atoms with van der Waals surface area (Å²) in [6, 6.07) is 68.6. The summed E-state index contributed by atoms with van der Waals surface area (Å²) in [5, 5.41) is 13.0. The molecule has 0 aliphatic heterocycles. The summed E-state index contributed by atoms with van der Waals surface area (Å²) >= 11 is 9.54. The van der Waals surface area contributed by atoms with Crippen LogP contribution in [0.4, 0.5) is 17.1 Å². The van der Waals surface area contributed by atoms with E-state index in [4.69, 9.17) is 25.5 Å². The molecule has 0 aromatic heterocycles. The van der Waals surface area contributed by atoms with E-state index < -0.39 is 0 Å². The maximum Gasteiger partial charge on any atom is 0.194 e. The van der Waals surface area contributed by atoms with E-state index in [0.29, 0.717) is 71.8 Å². The van der Waals surface area contributed by atoms with E-state index in [1.165, 1.54) is 22.3 Å². The minimum atomic E-state index is 0. The molecule has 12 heteroatoms. The molecule has 0 amide bonds. The van der Waals surface area contributed by atoms with Crippen LogP contribution < -0.4 is 24.3 Å². The van der Waals surface area contributed by atoms with Gasteiger partial charge in [0, 0.05) is 75.0 Å². The summed E-state index contributed by atoms with van der Waals surface area (Å²) in [5.41, 5.74) is 21.6. The van der Waals surface area contributed by atoms with Gasteiger partial charge in [-0.2, -0.15) is 5.26 Å². The van der Waals surface area contributed by atoms with Gasteiger partial charge in [0.15, 0.2) is 17.1 Å². The number of nitrogens with zero attached hydrogens (tertiary/aromatic N) is 5. The van der Waals surface area contributed by atoms with Crippen molar-refractivity contribution in [2.24, 2.45) is 23.5 Å². The van der Waals surface area contributed by atoms with E-state index in [2.05, 4.69) is 265 Å². The average Bonchev–Trinajstić information content (AvgIpc) is 2.68. The second-order valence-corrected chi connectivity index (χ2v) is 37.4. The zero-order valence-corrected chi connectivity index (χ0v) is 60.8. The van der Waals surface area contributed by atoms with Crippen LogP contribution in [0.2, 0.25) is 0 Å². The van der Waals surface area contributed by atoms with E-state index in [0.717, 1.165) is 70.6 Å². The van der Waals surface area contributed by atoms with Crippen molar-refractivity contribution in [2.45, 2.75) is 128 Å². The van der Waals surface area contributed by atoms with Gasteiger partial charge in [0.2, 0.25) is 0 Å². The van der Waals surface area contributed by atoms with E-state index in [1.54, 1.807) is 0 Å². The van der Waals surface area contributed by atoms with Crippen LogP contribution >= 0.6 is 74.5 Å². The zero-order valence-electron chi connectivity index (χ0n) is 50.0. The van der Waals surface area contributed by atoms with Crippen molar-refractivity contribution < 1.29 is 13.3 Å². The Morgan fingerprint density at radius 2 is 0.779 bits per heavy atom. The predicted molar refractivity (Wildman–Crippen MR) is 403 cm³/mol. The van der Waals surface area contributed by atoms with Crippen molar-refractivity contribution in [1.29, 1.82) is 5.26 Å². The van der Waals surface area contributed by atoms with Crippen LogP contribution in [0.25, 0.3) is 59.0 Å². The summed E-state index contributed by atoms with van der Waals surface area (Å²) in [6.45, 7) is 46.3. The second kappa shape index (κ2) is 44.6. The number of halogens is 5. The van der Waals surface area contributed by atoms with Crippen molar-refractivity contribution in [3.05, 3.63) is 256 Å². The number of hydrogen-bond donors (Lipinski definition) is 2. The van der Waals surface area contributed by atoms with Gasteiger partial charge in [-0.3, -0.25) is 4.90 Å². The Bertz CT molecular complexity index is 3230. The fraction of sp³-hybridized carbons (Fsp3) is 0.297. The molecule has 3 atom stereocenters. The Hall–Kier alpha value is -4.75. The van der Waals surface area contributed by atoms with Crippen LogP contribution in [0.15, 0.2) is 194 Å². The first-order chi connectivity index (χ1) is 40.5. The number of hydrogen-bond acceptors (Lipinski definition) is 4. The molecule has 3 N–H and O–H groups in total. The Balaban J connectivity index is 0.000000628. The van der Waals surface area contributed by atoms with Gasteiger partial charge in [-0.1, -0.05) is 251 Å². The molecule has 0 radical (unpaired) electrons. The van der Waals surface area contributed by atoms with Crippen LogP contribution in [0, 0.1) is 48.8 Å². The topological polar surface area (TPSA) is 78.2 Å². The maximum atomic E-state index is 9.44. The quantitative estimate of drug-likeness (QED) is 0.0746. The van der Waals surface area contributed by atoms with Crippen molar-refractivity contribution >= 4 is 91.5 Å². The molecule has 8 rings (SSSR count). The minimum absolute atomic E-state index is 0. The fourth-order valence-corrected chi connectivity index (χ4v) is 8.33. The molecule has 0 unspecified atom stereocenters. The third-order valence-corrected chi connectivity index (χ3v) is 14.6. The van der Waals surface area contributed by atoms with Gasteiger partial charge in [0.1, 0.15) is 0 Å². The number of nitrogens with one attached hydrogen (secondary N) is 1. The fourth-order valence-electron chi connectivity index (χ4n) is 8.33. The van der Waals surface area contributed by atoms with Gasteiger partial charge in [0.05, 0.1) is 31.3 Å². The third-order valence-electron chi connectivity index (χ3n) is 14.6. The molecular weight excluding hydrogens is 1620 g/mol. The smallest absolute Gasteiger partial charge is 0.194 e. The molecule has 0 bridgehead atoms. The van der Waals surface area contributed by atoms with Crippen LogP contribution in [0.3, 0.4) is 0 Å². The van der Waals surface area contributed by atoms with E-state index in [1.807, 2.05) is 104 Å². The van der Waals surface area contributed by atoms with Crippen molar-refractivity contribution in [2.75, 3.05) is 0 Å². The molecular formula is C74H87I5N7-. The summed E-state index contributed by atoms with van der Waals surface area (Å²) in [6.07, 6.45) is 1.05. The average molecular weight is 1710 g/mol. The number of aryl methyl sites for hydroxylation is 1. The molecule has 0 fully saturated rings. The molecule has 0 aliphatic rings. The molecule has 8 aromatic carbocycles. The van der Waals surface area contributed by atoms with Crippen LogP contribution in [0.1, 0.15) is 112 Å². The molecule has 454 valence electrons. The molecule has 0 heterocycles. The van der Waals surface area contributed by atoms with Gasteiger partial charge in [-0.15, -0.1) is 0 Å². The molecule has 8 aromatic rings. The SMILES string of the molecule is C.C.CC(C)[C@@H](C)N.II.I[I-]I.[C-]#[N+]c1ccccc1-c1ccc(CC)cc1.[C-]#[N+]c1ccccc1-c1ccc(CN(Cc2ccc(-c3ccccc3C#N)cc2)[C@H](C)C(C)C)cc1.[C-]#[N+]c1ccccc1-c1ccc(CN[C@H](C)C(C)C)cc1. The second-order valence-electron chi connectivity index (χ2n) is 21.1. The number of rotatable bonds is 16. The molecule has 86 heavy (non-hydrogen) atoms. The molecule has 0 saturated carbocycles. The summed E-state index contributed by atoms with van der Waals surface area (Å²) in [7, 11) is 0. The molecule has 0 spiro atoms. The van der Waals surface area contributed by atoms with Gasteiger partial charge in [-0.25, -0.2) is 14.5 Å². The summed E-state index contributed by atoms with van der Waals surface area (Å²) in [4.78, 5) is 13.3. The maximum absolute atomic E-state index is 9.44. The minimum Gasteiger partial charge on any atom is -0.310 e. The molecule has 0 aliphatic carbocycles. The Labute approximate surface area is 572 Å². The standard InChI is InChI=1S/C33H31N3.C19H22N2.C15H13N.C5H13N.2CH4.I3.I2/c1-24(2)25(3)36(22-26-13-17-28(18-14-26)31-10-6-5-9-30(31)21-34)23-27-15-19-29(20-16-27)32-11-7-8-12-33(32)35-4;1-14(2)15(3)21-13-16-9-11-17(12-10-16)18-7-5-6-8-19(18)20-4;1-3-12-8-10-13(11-9-12)14-6-4-5-7-15(14)16-2;1-4(2)5(3)6;;;1-3-2;1-2/h5-20,24-25H,22-23H2,1-3H3;5-12,14-15,21H,13H2,1-3H3;4-11H,3H2,1H3;4-5H,6H2,1-3H3;2*1H4;;/q;;;;;;-1;/t25-;15-;;5-;;;;/m11.1..../s1. The normalized spacial score (nSPS) is 11.1. The number of nitrogens with two attached hydrogens (primary N) is 1. The largest absolute Gasteiger partial charge is 0.310 e. The number of nitriles is 1. The number of benzene rings is 8. The monoisotopic (exact) mass is 1710 g/mol. The van der Waals surface area contributed by atoms with Gasteiger partial charge in [0.25, 0.3) is 0 Å². The van der Waals surface area contributed by atoms with Crippen molar-refractivity contribution in [3.8, 4) is 50.6 Å². The van der Waals surface area contributed by atoms with E-state index in [-0.39, 0.29) is 14.9 Å². The Kier molecular flexibility index (Phi) is 41.1. The summed E-state index contributed by atoms with van der Waals surface area (Å²) in [5.74, 6) is 1.79. The van der Waals surface area contributed by atoms with Crippen LogP contribution in [0.5, 0.6) is 0 Å². The predicted octanol–water partition coefficient (Wildman–Crippen LogP) is 20.8. The van der Waals surface area contributed by atoms with E-state index >= 15 is 0 Å². The first kappa shape index (κ1) is 79.3. The van der Waals surface area contributed by atoms with Crippen molar-refractivity contribution in [1.82, 2.24) is 10.2 Å². The zero-order chi connectivity index (χ0) is 62.0.